The Bertz CT molecular complexity index is 910. The maximum Gasteiger partial charge on any atom is 0.264 e. The third-order valence-electron chi connectivity index (χ3n) is 4.90. The highest BCUT2D eigenvalue weighted by Crippen LogP contribution is 2.27. The molecule has 2 aromatic carbocycles. The molecule has 7 heteroatoms. The Morgan fingerprint density at radius 1 is 1.07 bits per heavy atom. The molecule has 0 aromatic heterocycles. The zero-order valence-corrected chi connectivity index (χ0v) is 16.8. The van der Waals surface area contributed by atoms with Crippen LogP contribution >= 0.6 is 11.6 Å². The third kappa shape index (κ3) is 4.45. The Morgan fingerprint density at radius 3 is 2.41 bits per heavy atom. The van der Waals surface area contributed by atoms with Gasteiger partial charge in [0.1, 0.15) is 0 Å². The van der Waals surface area contributed by atoms with Crippen molar-refractivity contribution in [2.45, 2.75) is 43.0 Å². The number of carbonyl (C=O) groups excluding carboxylic acids is 1. The van der Waals surface area contributed by atoms with Gasteiger partial charge in [-0.05, 0) is 43.2 Å². The molecule has 1 aliphatic carbocycles. The van der Waals surface area contributed by atoms with Gasteiger partial charge < -0.3 is 5.32 Å². The van der Waals surface area contributed by atoms with Gasteiger partial charge in [-0.25, -0.2) is 8.42 Å². The van der Waals surface area contributed by atoms with E-state index < -0.39 is 10.0 Å². The molecule has 0 atom stereocenters. The minimum atomic E-state index is -3.72. The first-order chi connectivity index (χ1) is 12.9. The number of rotatable bonds is 5. The molecular formula is C20H23ClN2O3S. The summed E-state index contributed by atoms with van der Waals surface area (Å²) in [6, 6.07) is 13.0. The molecule has 3 rings (SSSR count). The molecule has 0 saturated heterocycles. The zero-order chi connectivity index (χ0) is 19.4. The van der Waals surface area contributed by atoms with Gasteiger partial charge in [-0.15, -0.1) is 0 Å². The first-order valence-electron chi connectivity index (χ1n) is 9.04. The van der Waals surface area contributed by atoms with Crippen molar-refractivity contribution in [3.05, 3.63) is 59.1 Å². The van der Waals surface area contributed by atoms with Crippen LogP contribution in [0.3, 0.4) is 0 Å². The maximum absolute atomic E-state index is 12.8. The number of anilines is 1. The molecule has 1 N–H and O–H groups in total. The first-order valence-corrected chi connectivity index (χ1v) is 10.9. The normalized spacial score (nSPS) is 15.3. The quantitative estimate of drug-likeness (QED) is 0.808. The molecule has 27 heavy (non-hydrogen) atoms. The number of carbonyl (C=O) groups is 1. The second-order valence-electron chi connectivity index (χ2n) is 6.76. The van der Waals surface area contributed by atoms with Crippen molar-refractivity contribution in [2.24, 2.45) is 0 Å². The minimum Gasteiger partial charge on any atom is -0.349 e. The molecule has 0 radical (unpaired) electrons. The molecule has 1 fully saturated rings. The van der Waals surface area contributed by atoms with E-state index in [-0.39, 0.29) is 22.4 Å². The summed E-state index contributed by atoms with van der Waals surface area (Å²) in [6.45, 7) is 0. The highest BCUT2D eigenvalue weighted by molar-refractivity contribution is 7.92. The number of halogens is 1. The van der Waals surface area contributed by atoms with Crippen molar-refractivity contribution in [1.29, 1.82) is 0 Å². The van der Waals surface area contributed by atoms with Crippen LogP contribution in [0.25, 0.3) is 0 Å². The molecule has 144 valence electrons. The summed E-state index contributed by atoms with van der Waals surface area (Å²) in [5.74, 6) is -0.265. The fraction of sp³-hybridized carbons (Fsp3) is 0.350. The van der Waals surface area contributed by atoms with E-state index in [2.05, 4.69) is 5.32 Å². The van der Waals surface area contributed by atoms with E-state index in [4.69, 9.17) is 11.6 Å². The average Bonchev–Trinajstić information content (AvgIpc) is 2.69. The largest absolute Gasteiger partial charge is 0.349 e. The number of hydrogen-bond donors (Lipinski definition) is 1. The Hall–Kier alpha value is -2.05. The van der Waals surface area contributed by atoms with E-state index in [1.165, 1.54) is 19.5 Å². The van der Waals surface area contributed by atoms with E-state index in [0.29, 0.717) is 10.7 Å². The molecule has 1 aliphatic rings. The van der Waals surface area contributed by atoms with Crippen molar-refractivity contribution in [1.82, 2.24) is 5.32 Å². The van der Waals surface area contributed by atoms with Gasteiger partial charge in [0, 0.05) is 13.1 Å². The summed E-state index contributed by atoms with van der Waals surface area (Å²) in [5.41, 5.74) is 0.673. The molecule has 0 aliphatic heterocycles. The van der Waals surface area contributed by atoms with Crippen LogP contribution in [0, 0.1) is 0 Å². The maximum atomic E-state index is 12.8. The van der Waals surface area contributed by atoms with Crippen LogP contribution < -0.4 is 9.62 Å². The molecule has 2 aromatic rings. The smallest absolute Gasteiger partial charge is 0.264 e. The molecule has 0 unspecified atom stereocenters. The number of benzene rings is 2. The van der Waals surface area contributed by atoms with E-state index in [9.17, 15) is 13.2 Å². The van der Waals surface area contributed by atoms with Crippen LogP contribution in [-0.4, -0.2) is 27.4 Å². The van der Waals surface area contributed by atoms with Crippen LogP contribution in [0.4, 0.5) is 5.69 Å². The average molecular weight is 407 g/mol. The van der Waals surface area contributed by atoms with Crippen LogP contribution in [0.15, 0.2) is 53.4 Å². The lowest BCUT2D eigenvalue weighted by Crippen LogP contribution is -2.36. The van der Waals surface area contributed by atoms with Gasteiger partial charge in [0.25, 0.3) is 15.9 Å². The van der Waals surface area contributed by atoms with Crippen molar-refractivity contribution in [3.8, 4) is 0 Å². The molecule has 0 spiro atoms. The van der Waals surface area contributed by atoms with Crippen LogP contribution in [-0.2, 0) is 10.0 Å². The number of nitrogens with one attached hydrogen (secondary N) is 1. The molecule has 5 nitrogen and oxygen atoms in total. The van der Waals surface area contributed by atoms with Crippen molar-refractivity contribution < 1.29 is 13.2 Å². The number of hydrogen-bond acceptors (Lipinski definition) is 3. The second-order valence-corrected chi connectivity index (χ2v) is 9.13. The van der Waals surface area contributed by atoms with Gasteiger partial charge in [0.15, 0.2) is 0 Å². The second kappa shape index (κ2) is 8.31. The number of nitrogens with zero attached hydrogens (tertiary/aromatic N) is 1. The predicted molar refractivity (Wildman–Crippen MR) is 108 cm³/mol. The van der Waals surface area contributed by atoms with E-state index >= 15 is 0 Å². The molecule has 1 saturated carbocycles. The van der Waals surface area contributed by atoms with Gasteiger partial charge in [0.2, 0.25) is 0 Å². The summed E-state index contributed by atoms with van der Waals surface area (Å²) in [4.78, 5) is 12.9. The van der Waals surface area contributed by atoms with Gasteiger partial charge in [-0.2, -0.15) is 0 Å². The Morgan fingerprint density at radius 2 is 1.74 bits per heavy atom. The van der Waals surface area contributed by atoms with Crippen molar-refractivity contribution in [2.75, 3.05) is 11.4 Å². The fourth-order valence-electron chi connectivity index (χ4n) is 3.28. The Labute approximate surface area is 165 Å². The molecule has 0 heterocycles. The van der Waals surface area contributed by atoms with Crippen molar-refractivity contribution in [3.63, 3.8) is 0 Å². The first kappa shape index (κ1) is 19.7. The summed E-state index contributed by atoms with van der Waals surface area (Å²) < 4.78 is 26.8. The Balaban J connectivity index is 1.85. The number of amides is 1. The Kier molecular flexibility index (Phi) is 6.07. The summed E-state index contributed by atoms with van der Waals surface area (Å²) in [5, 5.41) is 3.32. The van der Waals surface area contributed by atoms with Crippen LogP contribution in [0.2, 0.25) is 5.02 Å². The predicted octanol–water partition coefficient (Wildman–Crippen LogP) is 4.23. The summed E-state index contributed by atoms with van der Waals surface area (Å²) in [7, 11) is -2.25. The van der Waals surface area contributed by atoms with E-state index in [0.717, 1.165) is 30.0 Å². The fourth-order valence-corrected chi connectivity index (χ4v) is 4.69. The van der Waals surface area contributed by atoms with Crippen molar-refractivity contribution >= 4 is 33.2 Å². The SMILES string of the molecule is CN(c1ccc(Cl)c(C(=O)NC2CCCCC2)c1)S(=O)(=O)c1ccccc1. The highest BCUT2D eigenvalue weighted by Gasteiger charge is 2.23. The standard InChI is InChI=1S/C20H23ClN2O3S/c1-23(27(25,26)17-10-6-3-7-11-17)16-12-13-19(21)18(14-16)20(24)22-15-8-4-2-5-9-15/h3,6-7,10-15H,2,4-5,8-9H2,1H3,(H,22,24). The lowest BCUT2D eigenvalue weighted by molar-refractivity contribution is 0.0928. The van der Waals surface area contributed by atoms with Gasteiger partial charge in [-0.3, -0.25) is 9.10 Å². The highest BCUT2D eigenvalue weighted by atomic mass is 35.5. The summed E-state index contributed by atoms with van der Waals surface area (Å²) in [6.07, 6.45) is 5.34. The lowest BCUT2D eigenvalue weighted by atomic mass is 9.95. The monoisotopic (exact) mass is 406 g/mol. The van der Waals surface area contributed by atoms with Crippen LogP contribution in [0.1, 0.15) is 42.5 Å². The van der Waals surface area contributed by atoms with E-state index in [1.807, 2.05) is 0 Å². The van der Waals surface area contributed by atoms with E-state index in [1.54, 1.807) is 42.5 Å². The zero-order valence-electron chi connectivity index (χ0n) is 15.2. The lowest BCUT2D eigenvalue weighted by Gasteiger charge is -2.24. The number of sulfonamides is 1. The molecule has 1 amide bonds. The molecular weight excluding hydrogens is 384 g/mol. The summed E-state index contributed by atoms with van der Waals surface area (Å²) >= 11 is 6.22. The minimum absolute atomic E-state index is 0.150. The van der Waals surface area contributed by atoms with Gasteiger partial charge >= 0.3 is 0 Å². The van der Waals surface area contributed by atoms with Crippen LogP contribution in [0.5, 0.6) is 0 Å². The molecule has 0 bridgehead atoms. The van der Waals surface area contributed by atoms with Gasteiger partial charge in [-0.1, -0.05) is 49.1 Å². The third-order valence-corrected chi connectivity index (χ3v) is 7.03. The van der Waals surface area contributed by atoms with Gasteiger partial charge in [0.05, 0.1) is 21.2 Å². The topological polar surface area (TPSA) is 66.5 Å².